The molecule has 0 aliphatic heterocycles. The first kappa shape index (κ1) is 18.6. The molecule has 7 heteroatoms. The number of fused-ring (bicyclic) bond motifs is 1. The van der Waals surface area contributed by atoms with E-state index in [0.717, 1.165) is 23.2 Å². The molecule has 138 valence electrons. The van der Waals surface area contributed by atoms with E-state index in [4.69, 9.17) is 16.6 Å². The zero-order valence-corrected chi connectivity index (χ0v) is 15.8. The zero-order valence-electron chi connectivity index (χ0n) is 15.0. The predicted octanol–water partition coefficient (Wildman–Crippen LogP) is 3.30. The van der Waals surface area contributed by atoms with E-state index >= 15 is 0 Å². The van der Waals surface area contributed by atoms with Crippen molar-refractivity contribution < 1.29 is 9.21 Å². The van der Waals surface area contributed by atoms with Crippen LogP contribution in [0.1, 0.15) is 28.4 Å². The quantitative estimate of drug-likeness (QED) is 0.367. The number of carbonyl (C=O) groups excluding carboxylic acids is 1. The SMILES string of the molecule is CCc1cccc(C)c1NC(=S)NNC(=O)c1cc2ccccc2oc1=O. The number of rotatable bonds is 3. The Morgan fingerprint density at radius 2 is 1.89 bits per heavy atom. The van der Waals surface area contributed by atoms with E-state index in [1.807, 2.05) is 25.1 Å². The third kappa shape index (κ3) is 4.15. The van der Waals surface area contributed by atoms with E-state index in [0.29, 0.717) is 11.0 Å². The number of hydrogen-bond acceptors (Lipinski definition) is 4. The fourth-order valence-corrected chi connectivity index (χ4v) is 2.90. The Bertz CT molecular complexity index is 1080. The standard InChI is InChI=1S/C20H19N3O3S/c1-3-13-9-6-7-12(2)17(13)21-20(27)23-22-18(24)15-11-14-8-4-5-10-16(14)26-19(15)25/h4-11H,3H2,1-2H3,(H,22,24)(H2,21,23,27). The fourth-order valence-electron chi connectivity index (χ4n) is 2.75. The van der Waals surface area contributed by atoms with Crippen LogP contribution in [0.3, 0.4) is 0 Å². The van der Waals surface area contributed by atoms with Gasteiger partial charge in [0.25, 0.3) is 5.91 Å². The highest BCUT2D eigenvalue weighted by Gasteiger charge is 2.14. The maximum Gasteiger partial charge on any atom is 0.349 e. The van der Waals surface area contributed by atoms with Gasteiger partial charge in [-0.15, -0.1) is 0 Å². The number of nitrogens with one attached hydrogen (secondary N) is 3. The summed E-state index contributed by atoms with van der Waals surface area (Å²) in [7, 11) is 0. The highest BCUT2D eigenvalue weighted by Crippen LogP contribution is 2.20. The first-order valence-corrected chi connectivity index (χ1v) is 8.89. The highest BCUT2D eigenvalue weighted by atomic mass is 32.1. The second kappa shape index (κ2) is 8.01. The minimum absolute atomic E-state index is 0.103. The molecule has 0 bridgehead atoms. The molecule has 1 aromatic heterocycles. The lowest BCUT2D eigenvalue weighted by atomic mass is 10.1. The number of benzene rings is 2. The maximum absolute atomic E-state index is 12.3. The predicted molar refractivity (Wildman–Crippen MR) is 110 cm³/mol. The smallest absolute Gasteiger partial charge is 0.349 e. The summed E-state index contributed by atoms with van der Waals surface area (Å²) in [5.74, 6) is -0.626. The van der Waals surface area contributed by atoms with Gasteiger partial charge in [0, 0.05) is 11.1 Å². The topological polar surface area (TPSA) is 83.4 Å². The van der Waals surface area contributed by atoms with Crippen molar-refractivity contribution in [2.45, 2.75) is 20.3 Å². The second-order valence-corrected chi connectivity index (χ2v) is 6.39. The summed E-state index contributed by atoms with van der Waals surface area (Å²) in [5, 5.41) is 3.97. The number of amides is 1. The van der Waals surface area contributed by atoms with Gasteiger partial charge in [-0.05, 0) is 48.8 Å². The molecule has 0 aliphatic rings. The molecule has 27 heavy (non-hydrogen) atoms. The molecular weight excluding hydrogens is 362 g/mol. The average Bonchev–Trinajstić information content (AvgIpc) is 2.67. The van der Waals surface area contributed by atoms with E-state index in [1.165, 1.54) is 6.07 Å². The molecule has 0 atom stereocenters. The van der Waals surface area contributed by atoms with E-state index in [-0.39, 0.29) is 10.7 Å². The maximum atomic E-state index is 12.3. The van der Waals surface area contributed by atoms with Crippen LogP contribution in [-0.4, -0.2) is 11.0 Å². The molecule has 0 fully saturated rings. The molecule has 3 aromatic rings. The lowest BCUT2D eigenvalue weighted by molar-refractivity contribution is 0.0940. The van der Waals surface area contributed by atoms with Crippen molar-refractivity contribution in [3.05, 3.63) is 75.6 Å². The monoisotopic (exact) mass is 381 g/mol. The van der Waals surface area contributed by atoms with Gasteiger partial charge < -0.3 is 9.73 Å². The molecule has 0 radical (unpaired) electrons. The summed E-state index contributed by atoms with van der Waals surface area (Å²) in [6, 6.07) is 14.4. The number of aryl methyl sites for hydroxylation is 2. The number of carbonyl (C=O) groups is 1. The van der Waals surface area contributed by atoms with Gasteiger partial charge >= 0.3 is 5.63 Å². The molecule has 0 unspecified atom stereocenters. The van der Waals surface area contributed by atoms with Gasteiger partial charge in [-0.25, -0.2) is 4.79 Å². The highest BCUT2D eigenvalue weighted by molar-refractivity contribution is 7.80. The summed E-state index contributed by atoms with van der Waals surface area (Å²) in [6.45, 7) is 4.03. The van der Waals surface area contributed by atoms with Crippen molar-refractivity contribution in [2.75, 3.05) is 5.32 Å². The average molecular weight is 381 g/mol. The van der Waals surface area contributed by atoms with Gasteiger partial charge in [-0.3, -0.25) is 15.6 Å². The van der Waals surface area contributed by atoms with Crippen LogP contribution in [0, 0.1) is 6.92 Å². The van der Waals surface area contributed by atoms with Crippen LogP contribution in [0.15, 0.2) is 57.7 Å². The van der Waals surface area contributed by atoms with Crippen LogP contribution in [0.5, 0.6) is 0 Å². The summed E-state index contributed by atoms with van der Waals surface area (Å²) >= 11 is 5.24. The van der Waals surface area contributed by atoms with Crippen molar-refractivity contribution in [2.24, 2.45) is 0 Å². The molecule has 0 spiro atoms. The van der Waals surface area contributed by atoms with E-state index in [9.17, 15) is 9.59 Å². The summed E-state index contributed by atoms with van der Waals surface area (Å²) in [5.41, 5.74) is 7.72. The Morgan fingerprint density at radius 3 is 2.67 bits per heavy atom. The van der Waals surface area contributed by atoms with Crippen LogP contribution in [-0.2, 0) is 6.42 Å². The zero-order chi connectivity index (χ0) is 19.4. The van der Waals surface area contributed by atoms with Gasteiger partial charge in [0.2, 0.25) is 0 Å². The van der Waals surface area contributed by atoms with Crippen molar-refractivity contribution in [3.8, 4) is 0 Å². The van der Waals surface area contributed by atoms with Gasteiger partial charge in [0.1, 0.15) is 11.1 Å². The molecular formula is C20H19N3O3S. The molecule has 2 aromatic carbocycles. The molecule has 3 rings (SSSR count). The van der Waals surface area contributed by atoms with E-state index in [2.05, 4.69) is 23.1 Å². The van der Waals surface area contributed by atoms with Crippen LogP contribution >= 0.6 is 12.2 Å². The first-order valence-electron chi connectivity index (χ1n) is 8.48. The van der Waals surface area contributed by atoms with Crippen molar-refractivity contribution >= 4 is 39.9 Å². The van der Waals surface area contributed by atoms with Gasteiger partial charge in [0.15, 0.2) is 5.11 Å². The lowest BCUT2D eigenvalue weighted by Gasteiger charge is -2.16. The molecule has 0 aliphatic carbocycles. The normalized spacial score (nSPS) is 10.4. The lowest BCUT2D eigenvalue weighted by Crippen LogP contribution is -2.45. The van der Waals surface area contributed by atoms with Crippen LogP contribution in [0.25, 0.3) is 11.0 Å². The van der Waals surface area contributed by atoms with Crippen molar-refractivity contribution in [1.29, 1.82) is 0 Å². The van der Waals surface area contributed by atoms with Crippen LogP contribution < -0.4 is 21.8 Å². The molecule has 6 nitrogen and oxygen atoms in total. The number of anilines is 1. The minimum atomic E-state index is -0.709. The van der Waals surface area contributed by atoms with Gasteiger partial charge in [0.05, 0.1) is 0 Å². The van der Waals surface area contributed by atoms with Crippen molar-refractivity contribution in [3.63, 3.8) is 0 Å². The third-order valence-electron chi connectivity index (χ3n) is 4.15. The molecule has 0 saturated carbocycles. The van der Waals surface area contributed by atoms with Gasteiger partial charge in [-0.2, -0.15) is 0 Å². The fraction of sp³-hybridized carbons (Fsp3) is 0.150. The summed E-state index contributed by atoms with van der Waals surface area (Å²) in [4.78, 5) is 24.4. The van der Waals surface area contributed by atoms with Crippen LogP contribution in [0.4, 0.5) is 5.69 Å². The third-order valence-corrected chi connectivity index (χ3v) is 4.36. The Hall–Kier alpha value is -3.19. The van der Waals surface area contributed by atoms with Gasteiger partial charge in [-0.1, -0.05) is 43.3 Å². The summed E-state index contributed by atoms with van der Waals surface area (Å²) in [6.07, 6.45) is 0.844. The number of para-hydroxylation sites is 2. The Balaban J connectivity index is 1.70. The number of hydrazine groups is 1. The molecule has 3 N–H and O–H groups in total. The minimum Gasteiger partial charge on any atom is -0.422 e. The largest absolute Gasteiger partial charge is 0.422 e. The number of thiocarbonyl (C=S) groups is 1. The number of hydrogen-bond donors (Lipinski definition) is 3. The molecule has 1 heterocycles. The van der Waals surface area contributed by atoms with E-state index < -0.39 is 11.5 Å². The van der Waals surface area contributed by atoms with E-state index in [1.54, 1.807) is 24.3 Å². The van der Waals surface area contributed by atoms with Crippen LogP contribution in [0.2, 0.25) is 0 Å². The summed E-state index contributed by atoms with van der Waals surface area (Å²) < 4.78 is 5.17. The van der Waals surface area contributed by atoms with Crippen molar-refractivity contribution in [1.82, 2.24) is 10.9 Å². The Labute approximate surface area is 161 Å². The first-order chi connectivity index (χ1) is 13.0. The Kier molecular flexibility index (Phi) is 5.52. The second-order valence-electron chi connectivity index (χ2n) is 5.98. The molecule has 1 amide bonds. The molecule has 0 saturated heterocycles. The Morgan fingerprint density at radius 1 is 1.11 bits per heavy atom.